The van der Waals surface area contributed by atoms with Gasteiger partial charge in [-0.05, 0) is 35.6 Å². The maximum absolute atomic E-state index is 12.9. The van der Waals surface area contributed by atoms with E-state index in [0.29, 0.717) is 24.7 Å². The second-order valence-corrected chi connectivity index (χ2v) is 6.98. The molecular formula is C21H23N3O2. The fraction of sp³-hybridized carbons (Fsp3) is 0.333. The summed E-state index contributed by atoms with van der Waals surface area (Å²) in [6, 6.07) is 16.3. The van der Waals surface area contributed by atoms with Crippen LogP contribution < -0.4 is 0 Å². The molecular weight excluding hydrogens is 326 g/mol. The molecule has 2 heterocycles. The van der Waals surface area contributed by atoms with Crippen molar-refractivity contribution in [3.8, 4) is 11.3 Å². The van der Waals surface area contributed by atoms with Crippen LogP contribution in [0, 0.1) is 5.92 Å². The smallest absolute Gasteiger partial charge is 0.272 e. The lowest BCUT2D eigenvalue weighted by atomic mass is 9.97. The Morgan fingerprint density at radius 1 is 1.15 bits per heavy atom. The van der Waals surface area contributed by atoms with Crippen molar-refractivity contribution in [2.75, 3.05) is 19.7 Å². The first-order valence-corrected chi connectivity index (χ1v) is 9.09. The van der Waals surface area contributed by atoms with Gasteiger partial charge in [0.05, 0.1) is 5.69 Å². The number of fused-ring (bicyclic) bond motifs is 1. The molecule has 1 aromatic heterocycles. The molecule has 26 heavy (non-hydrogen) atoms. The van der Waals surface area contributed by atoms with Gasteiger partial charge in [-0.25, -0.2) is 0 Å². The third-order valence-corrected chi connectivity index (χ3v) is 5.32. The van der Waals surface area contributed by atoms with Crippen molar-refractivity contribution >= 4 is 16.7 Å². The highest BCUT2D eigenvalue weighted by atomic mass is 16.3. The van der Waals surface area contributed by atoms with Gasteiger partial charge >= 0.3 is 0 Å². The molecule has 0 aliphatic carbocycles. The quantitative estimate of drug-likeness (QED) is 0.790. The largest absolute Gasteiger partial charge is 0.396 e. The Morgan fingerprint density at radius 3 is 2.65 bits per heavy atom. The van der Waals surface area contributed by atoms with Crippen molar-refractivity contribution in [2.45, 2.75) is 12.8 Å². The van der Waals surface area contributed by atoms with Crippen LogP contribution in [0.25, 0.3) is 22.0 Å². The number of aryl methyl sites for hydroxylation is 1. The zero-order chi connectivity index (χ0) is 18.1. The molecule has 3 aromatic rings. The van der Waals surface area contributed by atoms with Gasteiger partial charge in [0.1, 0.15) is 5.69 Å². The minimum atomic E-state index is 0.0166. The van der Waals surface area contributed by atoms with Crippen LogP contribution in [0.2, 0.25) is 0 Å². The van der Waals surface area contributed by atoms with E-state index in [2.05, 4.69) is 23.3 Å². The molecule has 4 rings (SSSR count). The number of hydrogen-bond acceptors (Lipinski definition) is 3. The fourth-order valence-electron chi connectivity index (χ4n) is 3.73. The van der Waals surface area contributed by atoms with E-state index in [0.717, 1.165) is 34.9 Å². The lowest BCUT2D eigenvalue weighted by Gasteiger charge is -2.31. The molecule has 5 heteroatoms. The van der Waals surface area contributed by atoms with Crippen molar-refractivity contribution in [3.63, 3.8) is 0 Å². The van der Waals surface area contributed by atoms with Gasteiger partial charge in [0.25, 0.3) is 5.91 Å². The molecule has 0 spiro atoms. The third-order valence-electron chi connectivity index (χ3n) is 5.32. The van der Waals surface area contributed by atoms with E-state index in [1.165, 1.54) is 0 Å². The summed E-state index contributed by atoms with van der Waals surface area (Å²) in [4.78, 5) is 14.8. The zero-order valence-electron chi connectivity index (χ0n) is 14.9. The van der Waals surface area contributed by atoms with Crippen LogP contribution in [0.15, 0.2) is 48.5 Å². The summed E-state index contributed by atoms with van der Waals surface area (Å²) in [5, 5.41) is 16.2. The molecule has 0 bridgehead atoms. The molecule has 1 aliphatic rings. The first-order valence-electron chi connectivity index (χ1n) is 9.09. The number of nitrogens with zero attached hydrogens (tertiary/aromatic N) is 3. The zero-order valence-corrected chi connectivity index (χ0v) is 14.9. The van der Waals surface area contributed by atoms with Gasteiger partial charge in [-0.1, -0.05) is 42.5 Å². The Bertz CT molecular complexity index is 934. The van der Waals surface area contributed by atoms with Crippen LogP contribution in [0.5, 0.6) is 0 Å². The Hall–Kier alpha value is -2.66. The summed E-state index contributed by atoms with van der Waals surface area (Å²) < 4.78 is 1.68. The molecule has 5 nitrogen and oxygen atoms in total. The van der Waals surface area contributed by atoms with Crippen molar-refractivity contribution in [1.29, 1.82) is 0 Å². The highest BCUT2D eigenvalue weighted by Gasteiger charge is 2.25. The van der Waals surface area contributed by atoms with Crippen molar-refractivity contribution in [2.24, 2.45) is 13.0 Å². The van der Waals surface area contributed by atoms with Crippen LogP contribution in [0.4, 0.5) is 0 Å². The van der Waals surface area contributed by atoms with Gasteiger partial charge in [0.15, 0.2) is 0 Å². The molecule has 1 saturated heterocycles. The highest BCUT2D eigenvalue weighted by Crippen LogP contribution is 2.28. The second kappa shape index (κ2) is 6.92. The molecule has 134 valence electrons. The average Bonchev–Trinajstić information content (AvgIpc) is 3.08. The summed E-state index contributed by atoms with van der Waals surface area (Å²) in [6.07, 6.45) is 1.71. The van der Waals surface area contributed by atoms with Crippen molar-refractivity contribution < 1.29 is 9.90 Å². The van der Waals surface area contributed by atoms with E-state index < -0.39 is 0 Å². The number of piperidine rings is 1. The number of hydrogen-bond donors (Lipinski definition) is 1. The summed E-state index contributed by atoms with van der Waals surface area (Å²) in [5.74, 6) is 0.333. The minimum absolute atomic E-state index is 0.0166. The number of carbonyl (C=O) groups excluding carboxylic acids is 1. The van der Waals surface area contributed by atoms with Gasteiger partial charge in [-0.2, -0.15) is 5.10 Å². The van der Waals surface area contributed by atoms with E-state index in [1.807, 2.05) is 42.3 Å². The maximum Gasteiger partial charge on any atom is 0.272 e. The molecule has 1 amide bonds. The number of amides is 1. The van der Waals surface area contributed by atoms with Crippen LogP contribution in [-0.4, -0.2) is 45.4 Å². The summed E-state index contributed by atoms with van der Waals surface area (Å²) in [5.41, 5.74) is 2.46. The van der Waals surface area contributed by atoms with Crippen LogP contribution >= 0.6 is 0 Å². The fourth-order valence-corrected chi connectivity index (χ4v) is 3.73. The molecule has 0 radical (unpaired) electrons. The topological polar surface area (TPSA) is 58.4 Å². The Kier molecular flexibility index (Phi) is 4.47. The van der Waals surface area contributed by atoms with Crippen LogP contribution in [0.1, 0.15) is 23.3 Å². The van der Waals surface area contributed by atoms with Crippen LogP contribution in [0.3, 0.4) is 0 Å². The predicted octanol–water partition coefficient (Wildman–Crippen LogP) is 3.08. The number of carbonyl (C=O) groups is 1. The number of likely N-dealkylation sites (tertiary alicyclic amines) is 1. The van der Waals surface area contributed by atoms with Crippen molar-refractivity contribution in [1.82, 2.24) is 14.7 Å². The van der Waals surface area contributed by atoms with Crippen molar-refractivity contribution in [3.05, 3.63) is 54.2 Å². The molecule has 1 fully saturated rings. The molecule has 1 aliphatic heterocycles. The van der Waals surface area contributed by atoms with E-state index in [1.54, 1.807) is 4.68 Å². The van der Waals surface area contributed by atoms with Gasteiger partial charge < -0.3 is 10.0 Å². The van der Waals surface area contributed by atoms with E-state index in [9.17, 15) is 9.90 Å². The monoisotopic (exact) mass is 349 g/mol. The van der Waals surface area contributed by atoms with E-state index >= 15 is 0 Å². The molecule has 2 aromatic carbocycles. The number of rotatable bonds is 3. The van der Waals surface area contributed by atoms with E-state index in [-0.39, 0.29) is 12.5 Å². The Labute approximate surface area is 152 Å². The lowest BCUT2D eigenvalue weighted by molar-refractivity contribution is 0.0640. The molecule has 1 N–H and O–H groups in total. The number of aliphatic hydroxyl groups excluding tert-OH is 1. The third kappa shape index (κ3) is 2.99. The average molecular weight is 349 g/mol. The maximum atomic E-state index is 12.9. The van der Waals surface area contributed by atoms with Gasteiger partial charge in [-0.3, -0.25) is 9.48 Å². The second-order valence-electron chi connectivity index (χ2n) is 6.98. The van der Waals surface area contributed by atoms with Gasteiger partial charge in [0.2, 0.25) is 0 Å². The number of aromatic nitrogens is 2. The molecule has 0 saturated carbocycles. The SMILES string of the molecule is Cn1nc(-c2cccc3ccccc23)cc1C(=O)N1CCC(CO)CC1. The van der Waals surface area contributed by atoms with Gasteiger partial charge in [-0.15, -0.1) is 0 Å². The standard InChI is InChI=1S/C21H23N3O2/c1-23-20(21(26)24-11-9-15(14-25)10-12-24)13-19(22-23)18-8-4-6-16-5-2-3-7-17(16)18/h2-8,13,15,25H,9-12,14H2,1H3. The molecule has 0 unspecified atom stereocenters. The van der Waals surface area contributed by atoms with Crippen LogP contribution in [-0.2, 0) is 7.05 Å². The Balaban J connectivity index is 1.64. The minimum Gasteiger partial charge on any atom is -0.396 e. The normalized spacial score (nSPS) is 15.5. The summed E-state index contributed by atoms with van der Waals surface area (Å²) in [6.45, 7) is 1.59. The number of aliphatic hydroxyl groups is 1. The summed E-state index contributed by atoms with van der Waals surface area (Å²) in [7, 11) is 1.82. The number of benzene rings is 2. The molecule has 0 atom stereocenters. The Morgan fingerprint density at radius 2 is 1.88 bits per heavy atom. The first kappa shape index (κ1) is 16.8. The first-order chi connectivity index (χ1) is 12.7. The van der Waals surface area contributed by atoms with E-state index in [4.69, 9.17) is 0 Å². The lowest BCUT2D eigenvalue weighted by Crippen LogP contribution is -2.39. The summed E-state index contributed by atoms with van der Waals surface area (Å²) >= 11 is 0. The van der Waals surface area contributed by atoms with Gasteiger partial charge in [0, 0.05) is 32.3 Å². The predicted molar refractivity (Wildman–Crippen MR) is 102 cm³/mol. The highest BCUT2D eigenvalue weighted by molar-refractivity contribution is 5.98.